The van der Waals surface area contributed by atoms with Crippen molar-refractivity contribution in [1.29, 1.82) is 0 Å². The molecule has 0 atom stereocenters. The number of rotatable bonds is 3. The van der Waals surface area contributed by atoms with Crippen LogP contribution in [0.25, 0.3) is 0 Å². The van der Waals surface area contributed by atoms with E-state index in [1.54, 1.807) is 0 Å². The van der Waals surface area contributed by atoms with E-state index in [0.29, 0.717) is 6.92 Å². The van der Waals surface area contributed by atoms with Crippen LogP contribution in [-0.2, 0) is 9.59 Å². The quantitative estimate of drug-likeness (QED) is 0.484. The number of esters is 1. The Morgan fingerprint density at radius 3 is 2.00 bits per heavy atom. The first-order valence-corrected chi connectivity index (χ1v) is 5.55. The van der Waals surface area contributed by atoms with Gasteiger partial charge in [-0.05, 0) is 12.1 Å². The summed E-state index contributed by atoms with van der Waals surface area (Å²) >= 11 is 16.9. The number of Topliss-reactive ketones (excluding diaryl/α,β-unsaturated/α-hetero) is 1. The number of hydrogen-bond acceptors (Lipinski definition) is 3. The number of ether oxygens (including phenoxy) is 1. The van der Waals surface area contributed by atoms with Gasteiger partial charge in [0, 0.05) is 11.9 Å². The third-order valence-corrected chi connectivity index (χ3v) is 2.64. The predicted molar refractivity (Wildman–Crippen MR) is 62.7 cm³/mol. The van der Waals surface area contributed by atoms with E-state index in [4.69, 9.17) is 34.8 Å². The van der Waals surface area contributed by atoms with Crippen molar-refractivity contribution in [3.05, 3.63) is 27.2 Å². The molecule has 0 unspecified atom stereocenters. The van der Waals surface area contributed by atoms with Gasteiger partial charge in [-0.2, -0.15) is 8.78 Å². The van der Waals surface area contributed by atoms with Gasteiger partial charge in [0.15, 0.2) is 5.75 Å². The van der Waals surface area contributed by atoms with Gasteiger partial charge in [0.05, 0.1) is 10.0 Å². The largest absolute Gasteiger partial charge is 0.419 e. The van der Waals surface area contributed by atoms with Crippen molar-refractivity contribution in [2.45, 2.75) is 12.8 Å². The monoisotopic (exact) mass is 316 g/mol. The second-order valence-electron chi connectivity index (χ2n) is 3.22. The van der Waals surface area contributed by atoms with Gasteiger partial charge in [0.1, 0.15) is 0 Å². The summed E-state index contributed by atoms with van der Waals surface area (Å²) in [5.74, 6) is -8.43. The molecule has 98 valence electrons. The average Bonchev–Trinajstić information content (AvgIpc) is 2.22. The summed E-state index contributed by atoms with van der Waals surface area (Å²) in [5.41, 5.74) is 0. The number of alkyl halides is 2. The molecule has 1 aromatic carbocycles. The molecule has 0 aliphatic heterocycles. The fraction of sp³-hybridized carbons (Fsp3) is 0.200. The zero-order valence-corrected chi connectivity index (χ0v) is 11.0. The highest BCUT2D eigenvalue weighted by molar-refractivity contribution is 6.40. The minimum absolute atomic E-state index is 0.142. The number of carbonyl (C=O) groups is 2. The summed E-state index contributed by atoms with van der Waals surface area (Å²) in [6, 6.07) is 2.31. The Kier molecular flexibility index (Phi) is 4.53. The second kappa shape index (κ2) is 5.38. The van der Waals surface area contributed by atoms with Crippen molar-refractivity contribution >= 4 is 46.6 Å². The minimum Gasteiger partial charge on any atom is -0.419 e. The normalized spacial score (nSPS) is 11.2. The maximum absolute atomic E-state index is 13.0. The lowest BCUT2D eigenvalue weighted by Crippen LogP contribution is -2.39. The second-order valence-corrected chi connectivity index (χ2v) is 4.47. The van der Waals surface area contributed by atoms with E-state index < -0.39 is 23.4 Å². The third-order valence-electron chi connectivity index (χ3n) is 1.86. The standard InChI is InChI=1S/C10H5Cl3F2O3/c1-4(16)10(14,15)9(17)18-8-6(12)2-5(11)3-7(8)13/h2-3H,1H3. The van der Waals surface area contributed by atoms with Gasteiger partial charge < -0.3 is 4.74 Å². The number of hydrogen-bond donors (Lipinski definition) is 0. The fourth-order valence-corrected chi connectivity index (χ4v) is 1.82. The van der Waals surface area contributed by atoms with Crippen LogP contribution in [0.1, 0.15) is 6.92 Å². The van der Waals surface area contributed by atoms with Crippen molar-refractivity contribution in [2.24, 2.45) is 0 Å². The molecule has 0 amide bonds. The molecule has 0 aliphatic carbocycles. The first kappa shape index (κ1) is 15.1. The summed E-state index contributed by atoms with van der Waals surface area (Å²) in [6.45, 7) is 0.562. The van der Waals surface area contributed by atoms with Crippen molar-refractivity contribution in [1.82, 2.24) is 0 Å². The van der Waals surface area contributed by atoms with Crippen molar-refractivity contribution in [2.75, 3.05) is 0 Å². The summed E-state index contributed by atoms with van der Waals surface area (Å²) in [5, 5.41) is -0.302. The molecule has 8 heteroatoms. The highest BCUT2D eigenvalue weighted by atomic mass is 35.5. The van der Waals surface area contributed by atoms with Crippen LogP contribution in [-0.4, -0.2) is 17.7 Å². The molecule has 0 N–H and O–H groups in total. The lowest BCUT2D eigenvalue weighted by atomic mass is 10.2. The number of benzene rings is 1. The van der Waals surface area contributed by atoms with E-state index in [1.165, 1.54) is 0 Å². The molecule has 0 heterocycles. The summed E-state index contributed by atoms with van der Waals surface area (Å²) in [6.07, 6.45) is 0. The van der Waals surface area contributed by atoms with Crippen LogP contribution in [0.3, 0.4) is 0 Å². The van der Waals surface area contributed by atoms with Gasteiger partial charge in [-0.1, -0.05) is 34.8 Å². The zero-order valence-electron chi connectivity index (χ0n) is 8.77. The first-order valence-electron chi connectivity index (χ1n) is 4.42. The highest BCUT2D eigenvalue weighted by Crippen LogP contribution is 2.36. The molecular weight excluding hydrogens is 312 g/mol. The molecule has 0 aromatic heterocycles. The molecule has 0 saturated heterocycles. The van der Waals surface area contributed by atoms with E-state index in [9.17, 15) is 18.4 Å². The van der Waals surface area contributed by atoms with E-state index in [1.807, 2.05) is 0 Å². The average molecular weight is 318 g/mol. The van der Waals surface area contributed by atoms with Crippen LogP contribution in [0, 0.1) is 0 Å². The van der Waals surface area contributed by atoms with Crippen LogP contribution < -0.4 is 4.74 Å². The molecule has 1 rings (SSSR count). The summed E-state index contributed by atoms with van der Waals surface area (Å²) in [7, 11) is 0. The molecule has 18 heavy (non-hydrogen) atoms. The van der Waals surface area contributed by atoms with Gasteiger partial charge >= 0.3 is 11.9 Å². The van der Waals surface area contributed by atoms with Crippen molar-refractivity contribution in [3.63, 3.8) is 0 Å². The Labute approximate surface area is 116 Å². The first-order chi connectivity index (χ1) is 8.16. The molecule has 3 nitrogen and oxygen atoms in total. The Morgan fingerprint density at radius 1 is 1.17 bits per heavy atom. The van der Waals surface area contributed by atoms with E-state index in [2.05, 4.69) is 4.74 Å². The minimum atomic E-state index is -4.26. The summed E-state index contributed by atoms with van der Waals surface area (Å²) in [4.78, 5) is 21.7. The molecule has 0 spiro atoms. The van der Waals surface area contributed by atoms with Crippen molar-refractivity contribution in [3.8, 4) is 5.75 Å². The maximum atomic E-state index is 13.0. The maximum Gasteiger partial charge on any atom is 0.399 e. The van der Waals surface area contributed by atoms with Crippen LogP contribution in [0.15, 0.2) is 12.1 Å². The molecular formula is C10H5Cl3F2O3. The zero-order chi connectivity index (χ0) is 14.1. The number of ketones is 1. The lowest BCUT2D eigenvalue weighted by Gasteiger charge is -2.13. The topological polar surface area (TPSA) is 43.4 Å². The Morgan fingerprint density at radius 2 is 1.61 bits per heavy atom. The SMILES string of the molecule is CC(=O)C(F)(F)C(=O)Oc1c(Cl)cc(Cl)cc1Cl. The molecule has 0 aliphatic rings. The van der Waals surface area contributed by atoms with Gasteiger partial charge in [0.25, 0.3) is 0 Å². The van der Waals surface area contributed by atoms with Gasteiger partial charge in [-0.3, -0.25) is 4.79 Å². The Bertz CT molecular complexity index is 494. The van der Waals surface area contributed by atoms with Gasteiger partial charge in [0.2, 0.25) is 5.78 Å². The van der Waals surface area contributed by atoms with E-state index >= 15 is 0 Å². The Balaban J connectivity index is 3.07. The van der Waals surface area contributed by atoms with Crippen LogP contribution in [0.4, 0.5) is 8.78 Å². The van der Waals surface area contributed by atoms with Crippen LogP contribution in [0.5, 0.6) is 5.75 Å². The van der Waals surface area contributed by atoms with Gasteiger partial charge in [-0.15, -0.1) is 0 Å². The lowest BCUT2D eigenvalue weighted by molar-refractivity contribution is -0.167. The third kappa shape index (κ3) is 3.10. The van der Waals surface area contributed by atoms with E-state index in [-0.39, 0.29) is 15.1 Å². The van der Waals surface area contributed by atoms with Gasteiger partial charge in [-0.25, -0.2) is 4.79 Å². The highest BCUT2D eigenvalue weighted by Gasteiger charge is 2.46. The Hall–Kier alpha value is -0.910. The van der Waals surface area contributed by atoms with E-state index in [0.717, 1.165) is 12.1 Å². The molecule has 0 saturated carbocycles. The molecule has 1 aromatic rings. The van der Waals surface area contributed by atoms with Crippen LogP contribution >= 0.6 is 34.8 Å². The fourth-order valence-electron chi connectivity index (χ4n) is 0.927. The van der Waals surface area contributed by atoms with Crippen LogP contribution in [0.2, 0.25) is 15.1 Å². The predicted octanol–water partition coefficient (Wildman–Crippen LogP) is 3.78. The number of halogens is 5. The molecule has 0 bridgehead atoms. The van der Waals surface area contributed by atoms with Crippen molar-refractivity contribution < 1.29 is 23.1 Å². The number of carbonyl (C=O) groups excluding carboxylic acids is 2. The molecule has 0 radical (unpaired) electrons. The molecule has 0 fully saturated rings. The smallest absolute Gasteiger partial charge is 0.399 e. The summed E-state index contributed by atoms with van der Waals surface area (Å²) < 4.78 is 30.4.